The van der Waals surface area contributed by atoms with E-state index in [9.17, 15) is 0 Å². The minimum Gasteiger partial charge on any atom is -0.304 e. The lowest BCUT2D eigenvalue weighted by Crippen LogP contribution is -2.39. The molecule has 0 aromatic carbocycles. The molecule has 3 heteroatoms. The van der Waals surface area contributed by atoms with Crippen molar-refractivity contribution in [2.75, 3.05) is 19.8 Å². The minimum atomic E-state index is 0.400. The average molecular weight is 133 g/mol. The molecule has 0 aliphatic heterocycles. The summed E-state index contributed by atoms with van der Waals surface area (Å²) in [4.78, 5) is 0. The zero-order valence-corrected chi connectivity index (χ0v) is 6.22. The Labute approximate surface area is 55.4 Å². The van der Waals surface area contributed by atoms with Crippen LogP contribution in [0.3, 0.4) is 0 Å². The average Bonchev–Trinajstić information content (AvgIpc) is 1.83. The van der Waals surface area contributed by atoms with Gasteiger partial charge in [0.25, 0.3) is 0 Å². The molecular formula is C5H13N2S+. The van der Waals surface area contributed by atoms with Crippen molar-refractivity contribution < 1.29 is 0 Å². The first-order valence-electron chi connectivity index (χ1n) is 2.56. The monoisotopic (exact) mass is 133 g/mol. The first kappa shape index (κ1) is 8.14. The zero-order chi connectivity index (χ0) is 6.41. The van der Waals surface area contributed by atoms with Crippen molar-refractivity contribution in [3.8, 4) is 0 Å². The number of rotatable bonds is 4. The van der Waals surface area contributed by atoms with Crippen LogP contribution in [0.15, 0.2) is 0 Å². The molecule has 0 rings (SSSR count). The third-order valence-corrected chi connectivity index (χ3v) is 1.55. The van der Waals surface area contributed by atoms with Crippen molar-refractivity contribution >= 4 is 11.8 Å². The minimum absolute atomic E-state index is 0.400. The molecule has 8 heavy (non-hydrogen) atoms. The van der Waals surface area contributed by atoms with Crippen molar-refractivity contribution in [1.29, 1.82) is 0 Å². The van der Waals surface area contributed by atoms with Gasteiger partial charge in [-0.05, 0) is 14.1 Å². The summed E-state index contributed by atoms with van der Waals surface area (Å²) in [6.07, 6.45) is 4.06. The van der Waals surface area contributed by atoms with Gasteiger partial charge in [0.15, 0.2) is 0 Å². The standard InChI is InChI=1S/C5H13N2S/c1-6-5(7-2)4-8-3/h5-7H,3-4H2,1-2H3/q+1. The maximum Gasteiger partial charge on any atom is 0.128 e. The fraction of sp³-hybridized carbons (Fsp3) is 0.800. The van der Waals surface area contributed by atoms with Crippen LogP contribution in [0.2, 0.25) is 0 Å². The van der Waals surface area contributed by atoms with E-state index in [0.717, 1.165) is 5.75 Å². The Bertz CT molecular complexity index is 45.7. The van der Waals surface area contributed by atoms with Gasteiger partial charge in [-0.15, -0.1) is 0 Å². The van der Waals surface area contributed by atoms with Crippen LogP contribution in [-0.2, 0) is 0 Å². The summed E-state index contributed by atoms with van der Waals surface area (Å²) >= 11 is 1.58. The fourth-order valence-corrected chi connectivity index (χ4v) is 0.998. The van der Waals surface area contributed by atoms with Gasteiger partial charge in [0, 0.05) is 0 Å². The van der Waals surface area contributed by atoms with Gasteiger partial charge < -0.3 is 10.6 Å². The van der Waals surface area contributed by atoms with Crippen LogP contribution >= 0.6 is 11.8 Å². The van der Waals surface area contributed by atoms with Gasteiger partial charge in [0.2, 0.25) is 0 Å². The highest BCUT2D eigenvalue weighted by atomic mass is 32.2. The van der Waals surface area contributed by atoms with E-state index >= 15 is 0 Å². The number of hydrogen-bond acceptors (Lipinski definition) is 3. The molecule has 2 N–H and O–H groups in total. The number of nitrogens with one attached hydrogen (secondary N) is 2. The number of hydrogen-bond donors (Lipinski definition) is 2. The quantitative estimate of drug-likeness (QED) is 0.425. The molecule has 0 fully saturated rings. The van der Waals surface area contributed by atoms with Crippen LogP contribution in [0.1, 0.15) is 0 Å². The molecule has 0 heterocycles. The van der Waals surface area contributed by atoms with E-state index in [1.165, 1.54) is 0 Å². The van der Waals surface area contributed by atoms with Crippen LogP contribution in [0.5, 0.6) is 0 Å². The van der Waals surface area contributed by atoms with Crippen LogP contribution in [-0.4, -0.2) is 26.0 Å². The van der Waals surface area contributed by atoms with Gasteiger partial charge in [0.1, 0.15) is 6.26 Å². The van der Waals surface area contributed by atoms with E-state index < -0.39 is 0 Å². The van der Waals surface area contributed by atoms with Crippen molar-refractivity contribution in [2.45, 2.75) is 6.17 Å². The van der Waals surface area contributed by atoms with E-state index in [2.05, 4.69) is 16.9 Å². The smallest absolute Gasteiger partial charge is 0.128 e. The van der Waals surface area contributed by atoms with E-state index in [1.807, 2.05) is 14.1 Å². The van der Waals surface area contributed by atoms with Crippen molar-refractivity contribution in [3.05, 3.63) is 6.26 Å². The molecule has 0 radical (unpaired) electrons. The molecule has 0 spiro atoms. The molecule has 0 atom stereocenters. The molecule has 0 bridgehead atoms. The summed E-state index contributed by atoms with van der Waals surface area (Å²) in [5, 5.41) is 6.16. The van der Waals surface area contributed by atoms with Crippen molar-refractivity contribution in [1.82, 2.24) is 10.6 Å². The van der Waals surface area contributed by atoms with Crippen molar-refractivity contribution in [2.24, 2.45) is 0 Å². The lowest BCUT2D eigenvalue weighted by Gasteiger charge is -2.09. The van der Waals surface area contributed by atoms with E-state index in [0.29, 0.717) is 6.17 Å². The molecule has 0 aliphatic rings. The lowest BCUT2D eigenvalue weighted by atomic mass is 10.6. The second kappa shape index (κ2) is 5.28. The van der Waals surface area contributed by atoms with Gasteiger partial charge in [-0.25, -0.2) is 0 Å². The Morgan fingerprint density at radius 2 is 2.00 bits per heavy atom. The molecule has 0 aromatic heterocycles. The summed E-state index contributed by atoms with van der Waals surface area (Å²) in [6.45, 7) is 0. The van der Waals surface area contributed by atoms with Gasteiger partial charge in [-0.2, -0.15) is 0 Å². The van der Waals surface area contributed by atoms with E-state index in [1.54, 1.807) is 11.8 Å². The van der Waals surface area contributed by atoms with Gasteiger partial charge in [0.05, 0.1) is 23.7 Å². The Balaban J connectivity index is 3.07. The Morgan fingerprint density at radius 3 is 2.12 bits per heavy atom. The van der Waals surface area contributed by atoms with Crippen LogP contribution < -0.4 is 10.6 Å². The summed E-state index contributed by atoms with van der Waals surface area (Å²) in [7, 11) is 3.86. The molecule has 0 saturated heterocycles. The molecule has 0 saturated carbocycles. The number of thioether (sulfide) groups is 1. The summed E-state index contributed by atoms with van der Waals surface area (Å²) < 4.78 is 0. The largest absolute Gasteiger partial charge is 0.304 e. The topological polar surface area (TPSA) is 24.1 Å². The molecule has 0 amide bonds. The zero-order valence-electron chi connectivity index (χ0n) is 5.40. The van der Waals surface area contributed by atoms with Gasteiger partial charge in [-0.1, -0.05) is 0 Å². The first-order valence-corrected chi connectivity index (χ1v) is 3.72. The Morgan fingerprint density at radius 1 is 1.50 bits per heavy atom. The predicted molar refractivity (Wildman–Crippen MR) is 39.7 cm³/mol. The third-order valence-electron chi connectivity index (χ3n) is 0.981. The maximum absolute atomic E-state index is 3.66. The molecular weight excluding hydrogens is 120 g/mol. The second-order valence-electron chi connectivity index (χ2n) is 1.50. The van der Waals surface area contributed by atoms with Crippen LogP contribution in [0.25, 0.3) is 0 Å². The lowest BCUT2D eigenvalue weighted by molar-refractivity contribution is 0.545. The summed E-state index contributed by atoms with van der Waals surface area (Å²) in [6, 6.07) is 0. The normalized spacial score (nSPS) is 10.4. The van der Waals surface area contributed by atoms with E-state index in [4.69, 9.17) is 0 Å². The van der Waals surface area contributed by atoms with Crippen LogP contribution in [0.4, 0.5) is 0 Å². The Hall–Kier alpha value is 0.140. The molecule has 48 valence electrons. The highest BCUT2D eigenvalue weighted by Gasteiger charge is 2.00. The molecule has 0 unspecified atom stereocenters. The molecule has 0 aromatic rings. The fourth-order valence-electron chi connectivity index (χ4n) is 0.429. The summed E-state index contributed by atoms with van der Waals surface area (Å²) in [5.74, 6) is 1.01. The SMILES string of the molecule is [CH2+]SCC(NC)NC. The Kier molecular flexibility index (Phi) is 5.37. The van der Waals surface area contributed by atoms with Gasteiger partial charge >= 0.3 is 0 Å². The first-order chi connectivity index (χ1) is 3.85. The van der Waals surface area contributed by atoms with E-state index in [-0.39, 0.29) is 0 Å². The van der Waals surface area contributed by atoms with Gasteiger partial charge in [-0.3, -0.25) is 0 Å². The molecule has 0 aliphatic carbocycles. The maximum atomic E-state index is 3.66. The molecule has 2 nitrogen and oxygen atoms in total. The summed E-state index contributed by atoms with van der Waals surface area (Å²) in [5.41, 5.74) is 0. The van der Waals surface area contributed by atoms with Crippen LogP contribution in [0, 0.1) is 6.26 Å². The third kappa shape index (κ3) is 3.18. The highest BCUT2D eigenvalue weighted by molar-refractivity contribution is 8.00. The predicted octanol–water partition coefficient (Wildman–Crippen LogP) is 0.276. The second-order valence-corrected chi connectivity index (χ2v) is 2.24. The van der Waals surface area contributed by atoms with Crippen molar-refractivity contribution in [3.63, 3.8) is 0 Å². The highest BCUT2D eigenvalue weighted by Crippen LogP contribution is 1.94.